The average Bonchev–Trinajstić information content (AvgIpc) is 3.49. The highest BCUT2D eigenvalue weighted by Gasteiger charge is 2.18. The lowest BCUT2D eigenvalue weighted by Gasteiger charge is -2.20. The molecule has 0 aromatic carbocycles. The van der Waals surface area contributed by atoms with Crippen molar-refractivity contribution < 1.29 is 24.5 Å². The van der Waals surface area contributed by atoms with Gasteiger partial charge in [-0.3, -0.25) is 9.59 Å². The monoisotopic (exact) mass is 1170 g/mol. The molecule has 0 heterocycles. The van der Waals surface area contributed by atoms with E-state index >= 15 is 0 Å². The van der Waals surface area contributed by atoms with E-state index in [1.54, 1.807) is 6.08 Å². The van der Waals surface area contributed by atoms with Crippen molar-refractivity contribution in [2.45, 2.75) is 431 Å². The molecule has 0 saturated carbocycles. The molecule has 490 valence electrons. The normalized spacial score (nSPS) is 12.7. The summed E-state index contributed by atoms with van der Waals surface area (Å²) in [6.07, 6.45) is 94.1. The molecule has 0 saturated heterocycles. The van der Waals surface area contributed by atoms with Crippen molar-refractivity contribution in [3.63, 3.8) is 0 Å². The van der Waals surface area contributed by atoms with Gasteiger partial charge in [-0.1, -0.05) is 359 Å². The number of aliphatic hydroxyl groups excluding tert-OH is 2. The Morgan fingerprint density at radius 3 is 0.855 bits per heavy atom. The van der Waals surface area contributed by atoms with E-state index < -0.39 is 12.1 Å². The number of esters is 1. The summed E-state index contributed by atoms with van der Waals surface area (Å²) in [6.45, 7) is 4.92. The maximum atomic E-state index is 12.4. The lowest BCUT2D eigenvalue weighted by Crippen LogP contribution is -2.45. The zero-order valence-corrected chi connectivity index (χ0v) is 56.2. The molecular formula is C77H147NO5. The zero-order valence-electron chi connectivity index (χ0n) is 56.2. The van der Waals surface area contributed by atoms with Crippen LogP contribution in [0.4, 0.5) is 0 Å². The maximum Gasteiger partial charge on any atom is 0.305 e. The third kappa shape index (κ3) is 69.1. The SMILES string of the molecule is CCCCCCCCC/C=C\CCCCCCCCCC(=O)OCCCCCCCCCCCCCCCCCC/C=C\CCCCCCCCCCCCCCCCCCCC(=O)NC(CO)C(O)/C=C/CCCCCCCCCCC. The Morgan fingerprint density at radius 2 is 0.566 bits per heavy atom. The second kappa shape index (κ2) is 72.6. The van der Waals surface area contributed by atoms with E-state index in [0.717, 1.165) is 38.5 Å². The number of amides is 1. The smallest absolute Gasteiger partial charge is 0.305 e. The van der Waals surface area contributed by atoms with Gasteiger partial charge in [0, 0.05) is 12.8 Å². The molecule has 0 aliphatic rings. The predicted molar refractivity (Wildman–Crippen MR) is 366 cm³/mol. The first-order valence-corrected chi connectivity index (χ1v) is 37.8. The molecule has 0 fully saturated rings. The third-order valence-electron chi connectivity index (χ3n) is 17.6. The molecule has 2 atom stereocenters. The third-order valence-corrected chi connectivity index (χ3v) is 17.6. The van der Waals surface area contributed by atoms with Crippen LogP contribution in [0.5, 0.6) is 0 Å². The average molecular weight is 1170 g/mol. The Labute approximate surface area is 519 Å². The van der Waals surface area contributed by atoms with Crippen molar-refractivity contribution in [2.24, 2.45) is 0 Å². The first kappa shape index (κ1) is 81.1. The van der Waals surface area contributed by atoms with Crippen LogP contribution in [0, 0.1) is 0 Å². The van der Waals surface area contributed by atoms with Gasteiger partial charge in [-0.2, -0.15) is 0 Å². The number of carbonyl (C=O) groups is 2. The van der Waals surface area contributed by atoms with Crippen LogP contribution in [-0.4, -0.2) is 47.4 Å². The van der Waals surface area contributed by atoms with Gasteiger partial charge >= 0.3 is 5.97 Å². The van der Waals surface area contributed by atoms with Crippen LogP contribution in [0.3, 0.4) is 0 Å². The summed E-state index contributed by atoms with van der Waals surface area (Å²) < 4.78 is 5.51. The van der Waals surface area contributed by atoms with Crippen molar-refractivity contribution in [1.29, 1.82) is 0 Å². The summed E-state index contributed by atoms with van der Waals surface area (Å²) in [4.78, 5) is 24.6. The Kier molecular flexibility index (Phi) is 70.9. The van der Waals surface area contributed by atoms with E-state index in [1.165, 1.54) is 353 Å². The van der Waals surface area contributed by atoms with Crippen LogP contribution in [0.1, 0.15) is 418 Å². The number of ether oxygens (including phenoxy) is 1. The van der Waals surface area contributed by atoms with Gasteiger partial charge in [0.05, 0.1) is 25.4 Å². The molecule has 0 aliphatic heterocycles. The number of nitrogens with one attached hydrogen (secondary N) is 1. The van der Waals surface area contributed by atoms with Crippen molar-refractivity contribution >= 4 is 11.9 Å². The molecule has 3 N–H and O–H groups in total. The van der Waals surface area contributed by atoms with Crippen LogP contribution >= 0.6 is 0 Å². The van der Waals surface area contributed by atoms with Gasteiger partial charge in [0.25, 0.3) is 0 Å². The fourth-order valence-electron chi connectivity index (χ4n) is 11.9. The minimum Gasteiger partial charge on any atom is -0.466 e. The fraction of sp³-hybridized carbons (Fsp3) is 0.896. The summed E-state index contributed by atoms with van der Waals surface area (Å²) in [5.41, 5.74) is 0. The van der Waals surface area contributed by atoms with Crippen LogP contribution in [-0.2, 0) is 14.3 Å². The minimum absolute atomic E-state index is 0.0188. The van der Waals surface area contributed by atoms with E-state index in [1.807, 2.05) is 6.08 Å². The molecule has 0 aromatic heterocycles. The van der Waals surface area contributed by atoms with Crippen molar-refractivity contribution in [3.05, 3.63) is 36.5 Å². The number of hydrogen-bond donors (Lipinski definition) is 3. The van der Waals surface area contributed by atoms with Crippen molar-refractivity contribution in [3.8, 4) is 0 Å². The summed E-state index contributed by atoms with van der Waals surface area (Å²) in [6, 6.07) is -0.623. The molecule has 0 radical (unpaired) electrons. The molecule has 2 unspecified atom stereocenters. The van der Waals surface area contributed by atoms with E-state index in [-0.39, 0.29) is 18.5 Å². The summed E-state index contributed by atoms with van der Waals surface area (Å²) in [5, 5.41) is 23.1. The fourth-order valence-corrected chi connectivity index (χ4v) is 11.9. The van der Waals surface area contributed by atoms with Gasteiger partial charge in [0.15, 0.2) is 0 Å². The molecule has 83 heavy (non-hydrogen) atoms. The highest BCUT2D eigenvalue weighted by Crippen LogP contribution is 2.19. The summed E-state index contributed by atoms with van der Waals surface area (Å²) in [7, 11) is 0. The first-order valence-electron chi connectivity index (χ1n) is 37.8. The second-order valence-electron chi connectivity index (χ2n) is 26.0. The molecule has 0 spiro atoms. The Morgan fingerprint density at radius 1 is 0.325 bits per heavy atom. The lowest BCUT2D eigenvalue weighted by molar-refractivity contribution is -0.143. The minimum atomic E-state index is -0.840. The van der Waals surface area contributed by atoms with Crippen molar-refractivity contribution in [2.75, 3.05) is 13.2 Å². The van der Waals surface area contributed by atoms with Gasteiger partial charge in [-0.15, -0.1) is 0 Å². The van der Waals surface area contributed by atoms with Crippen molar-refractivity contribution in [1.82, 2.24) is 5.32 Å². The number of hydrogen-bond acceptors (Lipinski definition) is 5. The molecule has 0 aromatic rings. The Hall–Kier alpha value is -1.92. The zero-order chi connectivity index (χ0) is 59.9. The van der Waals surface area contributed by atoms with Gasteiger partial charge < -0.3 is 20.3 Å². The summed E-state index contributed by atoms with van der Waals surface area (Å²) in [5.74, 6) is -0.0448. The lowest BCUT2D eigenvalue weighted by atomic mass is 10.0. The molecule has 1 amide bonds. The van der Waals surface area contributed by atoms with Gasteiger partial charge in [-0.05, 0) is 83.5 Å². The molecule has 0 bridgehead atoms. The molecule has 6 nitrogen and oxygen atoms in total. The topological polar surface area (TPSA) is 95.9 Å². The molecule has 6 heteroatoms. The number of aliphatic hydroxyl groups is 2. The quantitative estimate of drug-likeness (QED) is 0.0320. The predicted octanol–water partition coefficient (Wildman–Crippen LogP) is 24.7. The maximum absolute atomic E-state index is 12.4. The number of unbranched alkanes of at least 4 members (excludes halogenated alkanes) is 56. The van der Waals surface area contributed by atoms with Gasteiger partial charge in [0.2, 0.25) is 5.91 Å². The van der Waals surface area contributed by atoms with Gasteiger partial charge in [0.1, 0.15) is 0 Å². The summed E-state index contributed by atoms with van der Waals surface area (Å²) >= 11 is 0. The molecule has 0 rings (SSSR count). The Balaban J connectivity index is 3.31. The largest absolute Gasteiger partial charge is 0.466 e. The van der Waals surface area contributed by atoms with Crippen LogP contribution < -0.4 is 5.32 Å². The van der Waals surface area contributed by atoms with E-state index in [2.05, 4.69) is 43.5 Å². The van der Waals surface area contributed by atoms with E-state index in [4.69, 9.17) is 4.74 Å². The molecular weight excluding hydrogens is 1020 g/mol. The standard InChI is InChI=1S/C77H147NO5/c1-3-5-7-9-11-13-15-16-17-18-41-44-47-51-55-59-63-67-71-77(82)83-72-68-64-60-56-52-48-45-42-39-37-35-33-31-29-27-25-23-21-19-20-22-24-26-28-30-32-34-36-38-40-43-46-50-54-58-62-66-70-76(81)78-74(73-79)75(80)69-65-61-57-53-49-14-12-10-8-6-4-2/h17-19,21,65,69,74-75,79-80H,3-16,20,22-64,66-68,70-73H2,1-2H3,(H,78,81)/b18-17-,21-19-,69-65+. The van der Waals surface area contributed by atoms with Gasteiger partial charge in [-0.25, -0.2) is 0 Å². The first-order chi connectivity index (χ1) is 41.0. The number of rotatable bonds is 71. The van der Waals surface area contributed by atoms with Crippen LogP contribution in [0.25, 0.3) is 0 Å². The van der Waals surface area contributed by atoms with Crippen LogP contribution in [0.2, 0.25) is 0 Å². The van der Waals surface area contributed by atoms with E-state index in [9.17, 15) is 19.8 Å². The molecule has 0 aliphatic carbocycles. The highest BCUT2D eigenvalue weighted by molar-refractivity contribution is 5.76. The Bertz CT molecular complexity index is 1340. The van der Waals surface area contributed by atoms with Crippen LogP contribution in [0.15, 0.2) is 36.5 Å². The second-order valence-corrected chi connectivity index (χ2v) is 26.0. The number of allylic oxidation sites excluding steroid dienone is 5. The number of carbonyl (C=O) groups excluding carboxylic acids is 2. The highest BCUT2D eigenvalue weighted by atomic mass is 16.5. The van der Waals surface area contributed by atoms with E-state index in [0.29, 0.717) is 19.4 Å².